The van der Waals surface area contributed by atoms with Crippen LogP contribution in [-0.2, 0) is 19.3 Å². The van der Waals surface area contributed by atoms with Crippen LogP contribution in [0.5, 0.6) is 5.75 Å². The number of benzene rings is 1. The first-order valence-corrected chi connectivity index (χ1v) is 6.99. The zero-order valence-corrected chi connectivity index (χ0v) is 12.1. The summed E-state index contributed by atoms with van der Waals surface area (Å²) in [5.74, 6) is 1.07. The van der Waals surface area contributed by atoms with Gasteiger partial charge in [0.2, 0.25) is 0 Å². The quantitative estimate of drug-likeness (QED) is 0.891. The molecule has 0 saturated carbocycles. The van der Waals surface area contributed by atoms with Crippen LogP contribution in [0.3, 0.4) is 0 Å². The molecule has 0 aromatic heterocycles. The van der Waals surface area contributed by atoms with Crippen LogP contribution in [0, 0.1) is 13.8 Å². The summed E-state index contributed by atoms with van der Waals surface area (Å²) in [5.41, 5.74) is 13.2. The van der Waals surface area contributed by atoms with Crippen LogP contribution in [0.25, 0.3) is 0 Å². The van der Waals surface area contributed by atoms with Gasteiger partial charge in [0.05, 0.1) is 7.11 Å². The number of hydrogen-bond donors (Lipinski definition) is 1. The Hall–Kier alpha value is -1.02. The molecule has 0 fully saturated rings. The number of nitrogens with two attached hydrogens (primary N) is 1. The van der Waals surface area contributed by atoms with Gasteiger partial charge in [0.25, 0.3) is 0 Å². The molecular weight excluding hydrogens is 222 g/mol. The summed E-state index contributed by atoms with van der Waals surface area (Å²) < 4.78 is 5.67. The fourth-order valence-corrected chi connectivity index (χ4v) is 3.29. The van der Waals surface area contributed by atoms with Crippen LogP contribution in [0.4, 0.5) is 0 Å². The Kier molecular flexibility index (Phi) is 3.96. The lowest BCUT2D eigenvalue weighted by atomic mass is 9.82. The third-order valence-corrected chi connectivity index (χ3v) is 4.17. The Labute approximate surface area is 111 Å². The highest BCUT2D eigenvalue weighted by Gasteiger charge is 2.22. The van der Waals surface area contributed by atoms with E-state index in [0.29, 0.717) is 0 Å². The van der Waals surface area contributed by atoms with Gasteiger partial charge in [-0.3, -0.25) is 0 Å². The third-order valence-electron chi connectivity index (χ3n) is 4.17. The highest BCUT2D eigenvalue weighted by atomic mass is 16.5. The van der Waals surface area contributed by atoms with E-state index >= 15 is 0 Å². The van der Waals surface area contributed by atoms with E-state index in [1.807, 2.05) is 0 Å². The zero-order valence-electron chi connectivity index (χ0n) is 12.1. The number of fused-ring (bicyclic) bond motifs is 1. The molecule has 100 valence electrons. The number of ether oxygens (including phenoxy) is 1. The number of hydrogen-bond acceptors (Lipinski definition) is 2. The molecule has 1 atom stereocenters. The summed E-state index contributed by atoms with van der Waals surface area (Å²) in [5, 5.41) is 0. The van der Waals surface area contributed by atoms with Crippen LogP contribution in [-0.4, -0.2) is 13.2 Å². The van der Waals surface area contributed by atoms with E-state index in [-0.39, 0.29) is 6.04 Å². The van der Waals surface area contributed by atoms with Crippen molar-refractivity contribution in [3.05, 3.63) is 27.8 Å². The molecule has 0 radical (unpaired) electrons. The average Bonchev–Trinajstić information content (AvgIpc) is 2.36. The van der Waals surface area contributed by atoms with Gasteiger partial charge in [-0.2, -0.15) is 0 Å². The Balaban J connectivity index is 2.60. The third kappa shape index (κ3) is 2.26. The lowest BCUT2D eigenvalue weighted by molar-refractivity contribution is 0.403. The molecule has 2 heteroatoms. The van der Waals surface area contributed by atoms with Gasteiger partial charge < -0.3 is 10.5 Å². The lowest BCUT2D eigenvalue weighted by Crippen LogP contribution is -2.21. The molecule has 1 aromatic carbocycles. The molecular formula is C16H25NO. The van der Waals surface area contributed by atoms with E-state index in [1.54, 1.807) is 12.7 Å². The molecule has 0 heterocycles. The molecule has 2 N–H and O–H groups in total. The minimum Gasteiger partial charge on any atom is -0.496 e. The van der Waals surface area contributed by atoms with Crippen molar-refractivity contribution < 1.29 is 4.74 Å². The summed E-state index contributed by atoms with van der Waals surface area (Å²) in [6, 6.07) is 0.179. The van der Waals surface area contributed by atoms with Crippen molar-refractivity contribution in [2.45, 2.75) is 58.9 Å². The van der Waals surface area contributed by atoms with E-state index in [9.17, 15) is 0 Å². The average molecular weight is 247 g/mol. The Morgan fingerprint density at radius 2 is 1.67 bits per heavy atom. The minimum atomic E-state index is 0.179. The molecule has 1 unspecified atom stereocenters. The Morgan fingerprint density at radius 1 is 1.11 bits per heavy atom. The first kappa shape index (κ1) is 13.4. The van der Waals surface area contributed by atoms with Gasteiger partial charge in [-0.25, -0.2) is 0 Å². The van der Waals surface area contributed by atoms with Crippen LogP contribution in [0.15, 0.2) is 0 Å². The molecule has 2 nitrogen and oxygen atoms in total. The van der Waals surface area contributed by atoms with Gasteiger partial charge in [-0.15, -0.1) is 0 Å². The monoisotopic (exact) mass is 247 g/mol. The highest BCUT2D eigenvalue weighted by Crippen LogP contribution is 2.37. The van der Waals surface area contributed by atoms with Crippen molar-refractivity contribution in [3.63, 3.8) is 0 Å². The highest BCUT2D eigenvalue weighted by molar-refractivity contribution is 5.56. The van der Waals surface area contributed by atoms with Crippen molar-refractivity contribution in [2.24, 2.45) is 5.73 Å². The maximum atomic E-state index is 5.99. The maximum absolute atomic E-state index is 5.99. The standard InChI is InChI=1S/C16H25NO/c1-10(17)9-15-11(2)13-7-5-6-8-14(13)12(3)16(15)18-4/h10H,5-9,17H2,1-4H3. The smallest absolute Gasteiger partial charge is 0.125 e. The van der Waals surface area contributed by atoms with Gasteiger partial charge >= 0.3 is 0 Å². The van der Waals surface area contributed by atoms with E-state index in [2.05, 4.69) is 20.8 Å². The topological polar surface area (TPSA) is 35.2 Å². The fraction of sp³-hybridized carbons (Fsp3) is 0.625. The van der Waals surface area contributed by atoms with Gasteiger partial charge in [-0.05, 0) is 80.7 Å². The summed E-state index contributed by atoms with van der Waals surface area (Å²) in [4.78, 5) is 0. The van der Waals surface area contributed by atoms with E-state index < -0.39 is 0 Å². The van der Waals surface area contributed by atoms with E-state index in [1.165, 1.54) is 47.9 Å². The zero-order chi connectivity index (χ0) is 13.3. The summed E-state index contributed by atoms with van der Waals surface area (Å²) in [7, 11) is 1.78. The van der Waals surface area contributed by atoms with Crippen molar-refractivity contribution >= 4 is 0 Å². The molecule has 2 rings (SSSR count). The molecule has 1 aromatic rings. The molecule has 0 spiro atoms. The van der Waals surface area contributed by atoms with E-state index in [4.69, 9.17) is 10.5 Å². The van der Waals surface area contributed by atoms with Gasteiger partial charge in [-0.1, -0.05) is 0 Å². The molecule has 0 saturated heterocycles. The fourth-order valence-electron chi connectivity index (χ4n) is 3.29. The van der Waals surface area contributed by atoms with Crippen LogP contribution in [0.1, 0.15) is 47.6 Å². The Morgan fingerprint density at radius 3 is 2.17 bits per heavy atom. The second kappa shape index (κ2) is 5.31. The first-order valence-electron chi connectivity index (χ1n) is 6.99. The summed E-state index contributed by atoms with van der Waals surface area (Å²) in [6.07, 6.45) is 5.96. The van der Waals surface area contributed by atoms with Crippen LogP contribution in [0.2, 0.25) is 0 Å². The van der Waals surface area contributed by atoms with Crippen LogP contribution < -0.4 is 10.5 Å². The van der Waals surface area contributed by atoms with Crippen molar-refractivity contribution in [3.8, 4) is 5.75 Å². The minimum absolute atomic E-state index is 0.179. The summed E-state index contributed by atoms with van der Waals surface area (Å²) >= 11 is 0. The molecule has 0 aliphatic heterocycles. The molecule has 0 amide bonds. The second-order valence-corrected chi connectivity index (χ2v) is 5.61. The Bertz CT molecular complexity index is 449. The first-order chi connectivity index (χ1) is 8.56. The van der Waals surface area contributed by atoms with Gasteiger partial charge in [0.15, 0.2) is 0 Å². The second-order valence-electron chi connectivity index (χ2n) is 5.61. The maximum Gasteiger partial charge on any atom is 0.125 e. The molecule has 18 heavy (non-hydrogen) atoms. The summed E-state index contributed by atoms with van der Waals surface area (Å²) in [6.45, 7) is 6.50. The number of methoxy groups -OCH3 is 1. The molecule has 1 aliphatic carbocycles. The van der Waals surface area contributed by atoms with Gasteiger partial charge in [0, 0.05) is 6.04 Å². The largest absolute Gasteiger partial charge is 0.496 e. The van der Waals surface area contributed by atoms with Crippen molar-refractivity contribution in [1.29, 1.82) is 0 Å². The molecule has 0 bridgehead atoms. The van der Waals surface area contributed by atoms with Crippen molar-refractivity contribution in [2.75, 3.05) is 7.11 Å². The number of rotatable bonds is 3. The van der Waals surface area contributed by atoms with Crippen molar-refractivity contribution in [1.82, 2.24) is 0 Å². The van der Waals surface area contributed by atoms with E-state index in [0.717, 1.165) is 12.2 Å². The van der Waals surface area contributed by atoms with Gasteiger partial charge in [0.1, 0.15) is 5.75 Å². The molecule has 1 aliphatic rings. The SMILES string of the molecule is COc1c(C)c2c(c(C)c1CC(C)N)CCCC2. The van der Waals surface area contributed by atoms with Crippen LogP contribution >= 0.6 is 0 Å². The lowest BCUT2D eigenvalue weighted by Gasteiger charge is -2.26. The predicted octanol–water partition coefficient (Wildman–Crippen LogP) is 3.08. The normalized spacial score (nSPS) is 16.3. The predicted molar refractivity (Wildman–Crippen MR) is 76.5 cm³/mol.